The van der Waals surface area contributed by atoms with Gasteiger partial charge in [0.05, 0.1) is 6.61 Å². The first-order valence-electron chi connectivity index (χ1n) is 12.6. The van der Waals surface area contributed by atoms with Gasteiger partial charge in [0, 0.05) is 19.4 Å². The van der Waals surface area contributed by atoms with E-state index in [0.717, 1.165) is 25.5 Å². The SMILES string of the molecule is CC1(C)C2=CCc3ccccc3[C@]2(C2CCCCC2)C=[N+]1CCO[Si](C)(C)C(C)(C)C. The van der Waals surface area contributed by atoms with Gasteiger partial charge in [-0.15, -0.1) is 0 Å². The lowest BCUT2D eigenvalue weighted by atomic mass is 9.57. The molecule has 0 unspecified atom stereocenters. The second-order valence-corrected chi connectivity index (χ2v) is 17.0. The quantitative estimate of drug-likeness (QED) is 0.277. The maximum atomic E-state index is 6.61. The maximum absolute atomic E-state index is 6.61. The van der Waals surface area contributed by atoms with Gasteiger partial charge in [0.25, 0.3) is 0 Å². The zero-order valence-corrected chi connectivity index (χ0v) is 22.1. The van der Waals surface area contributed by atoms with Crippen molar-refractivity contribution in [3.63, 3.8) is 0 Å². The predicted octanol–water partition coefficient (Wildman–Crippen LogP) is 6.88. The normalized spacial score (nSPS) is 26.2. The van der Waals surface area contributed by atoms with Crippen molar-refractivity contribution in [2.75, 3.05) is 13.2 Å². The minimum absolute atomic E-state index is 0.0434. The smallest absolute Gasteiger partial charge is 0.192 e. The van der Waals surface area contributed by atoms with Crippen LogP contribution in [0, 0.1) is 5.92 Å². The molecule has 1 aliphatic heterocycles. The summed E-state index contributed by atoms with van der Waals surface area (Å²) >= 11 is 0. The van der Waals surface area contributed by atoms with Crippen LogP contribution < -0.4 is 0 Å². The third kappa shape index (κ3) is 3.80. The first-order valence-corrected chi connectivity index (χ1v) is 15.5. The van der Waals surface area contributed by atoms with Gasteiger partial charge >= 0.3 is 0 Å². The van der Waals surface area contributed by atoms with E-state index in [9.17, 15) is 0 Å². The lowest BCUT2D eigenvalue weighted by molar-refractivity contribution is -0.581. The van der Waals surface area contributed by atoms with Crippen LogP contribution >= 0.6 is 0 Å². The summed E-state index contributed by atoms with van der Waals surface area (Å²) in [6.45, 7) is 18.4. The molecule has 1 aromatic rings. The van der Waals surface area contributed by atoms with Crippen molar-refractivity contribution < 1.29 is 9.00 Å². The van der Waals surface area contributed by atoms with Crippen LogP contribution in [0.4, 0.5) is 0 Å². The van der Waals surface area contributed by atoms with Gasteiger partial charge in [-0.1, -0.05) is 70.4 Å². The Morgan fingerprint density at radius 1 is 1.06 bits per heavy atom. The van der Waals surface area contributed by atoms with Crippen LogP contribution in [0.2, 0.25) is 18.1 Å². The molecule has 1 heterocycles. The van der Waals surface area contributed by atoms with Crippen molar-refractivity contribution in [2.45, 2.75) is 102 Å². The Morgan fingerprint density at radius 3 is 2.42 bits per heavy atom. The van der Waals surface area contributed by atoms with Gasteiger partial charge in [0.15, 0.2) is 26.6 Å². The Labute approximate surface area is 191 Å². The molecule has 0 N–H and O–H groups in total. The highest BCUT2D eigenvalue weighted by Crippen LogP contribution is 2.54. The molecule has 1 fully saturated rings. The van der Waals surface area contributed by atoms with E-state index in [1.807, 2.05) is 0 Å². The van der Waals surface area contributed by atoms with Gasteiger partial charge in [-0.25, -0.2) is 4.58 Å². The lowest BCUT2D eigenvalue weighted by Gasteiger charge is -2.42. The van der Waals surface area contributed by atoms with E-state index in [4.69, 9.17) is 4.43 Å². The standard InChI is InChI=1S/C28H44NOSi/c1-26(2,3)31(6,7)30-20-19-29-21-28(23-14-9-8-10-15-23)24-16-12-11-13-22(24)17-18-25(28)27(29,4)5/h11-13,16,18,21,23H,8-10,14-15,17,19-20H2,1-7H3/q+1/t28-/m1/s1. The van der Waals surface area contributed by atoms with Crippen LogP contribution in [0.1, 0.15) is 77.8 Å². The number of nitrogens with zero attached hydrogens (tertiary/aromatic N) is 1. The summed E-state index contributed by atoms with van der Waals surface area (Å²) in [5.41, 5.74) is 4.89. The highest BCUT2D eigenvalue weighted by atomic mass is 28.4. The molecule has 0 aromatic heterocycles. The van der Waals surface area contributed by atoms with Crippen molar-refractivity contribution in [2.24, 2.45) is 5.92 Å². The molecule has 1 aromatic carbocycles. The minimum atomic E-state index is -1.73. The molecule has 31 heavy (non-hydrogen) atoms. The molecule has 4 rings (SSSR count). The van der Waals surface area contributed by atoms with Gasteiger partial charge < -0.3 is 4.43 Å². The lowest BCUT2D eigenvalue weighted by Crippen LogP contribution is -2.45. The highest BCUT2D eigenvalue weighted by molar-refractivity contribution is 6.74. The maximum Gasteiger partial charge on any atom is 0.192 e. The van der Waals surface area contributed by atoms with E-state index in [1.54, 1.807) is 11.1 Å². The molecule has 0 radical (unpaired) electrons. The average molecular weight is 439 g/mol. The number of allylic oxidation sites excluding steroid dienone is 1. The number of hydrogen-bond donors (Lipinski definition) is 0. The van der Waals surface area contributed by atoms with Crippen LogP contribution in [0.15, 0.2) is 35.9 Å². The first kappa shape index (κ1) is 23.0. The fourth-order valence-electron chi connectivity index (χ4n) is 6.15. The van der Waals surface area contributed by atoms with Crippen molar-refractivity contribution in [3.05, 3.63) is 47.0 Å². The molecule has 0 spiro atoms. The van der Waals surface area contributed by atoms with Crippen molar-refractivity contribution in [1.82, 2.24) is 0 Å². The molecule has 3 heteroatoms. The summed E-state index contributed by atoms with van der Waals surface area (Å²) in [6.07, 6.45) is 13.2. The number of fused-ring (bicyclic) bond motifs is 3. The zero-order chi connectivity index (χ0) is 22.5. The van der Waals surface area contributed by atoms with Crippen molar-refractivity contribution >= 4 is 14.5 Å². The summed E-state index contributed by atoms with van der Waals surface area (Å²) in [4.78, 5) is 0. The molecular weight excluding hydrogens is 394 g/mol. The van der Waals surface area contributed by atoms with Gasteiger partial charge in [0.1, 0.15) is 5.41 Å². The van der Waals surface area contributed by atoms with E-state index in [0.29, 0.717) is 0 Å². The molecule has 1 atom stereocenters. The molecule has 2 aliphatic carbocycles. The van der Waals surface area contributed by atoms with Crippen LogP contribution in [0.25, 0.3) is 0 Å². The monoisotopic (exact) mass is 438 g/mol. The van der Waals surface area contributed by atoms with Crippen molar-refractivity contribution in [1.29, 1.82) is 0 Å². The summed E-state index contributed by atoms with van der Waals surface area (Å²) in [7, 11) is -1.73. The molecule has 0 saturated heterocycles. The summed E-state index contributed by atoms with van der Waals surface area (Å²) in [5.74, 6) is 0.722. The van der Waals surface area contributed by atoms with E-state index < -0.39 is 8.32 Å². The number of benzene rings is 1. The molecule has 1 saturated carbocycles. The van der Waals surface area contributed by atoms with E-state index in [-0.39, 0.29) is 16.0 Å². The molecule has 170 valence electrons. The molecule has 0 amide bonds. The van der Waals surface area contributed by atoms with Crippen molar-refractivity contribution in [3.8, 4) is 0 Å². The Hall–Kier alpha value is -1.19. The third-order valence-electron chi connectivity index (χ3n) is 9.02. The number of hydrogen-bond acceptors (Lipinski definition) is 1. The van der Waals surface area contributed by atoms with Crippen LogP contribution in [-0.4, -0.2) is 37.8 Å². The minimum Gasteiger partial charge on any atom is -0.410 e. The van der Waals surface area contributed by atoms with Crippen LogP contribution in [-0.2, 0) is 16.3 Å². The van der Waals surface area contributed by atoms with E-state index in [2.05, 4.69) is 88.8 Å². The zero-order valence-electron chi connectivity index (χ0n) is 21.1. The largest absolute Gasteiger partial charge is 0.410 e. The summed E-state index contributed by atoms with van der Waals surface area (Å²) < 4.78 is 9.25. The second-order valence-electron chi connectivity index (χ2n) is 12.2. The van der Waals surface area contributed by atoms with Gasteiger partial charge in [-0.3, -0.25) is 0 Å². The van der Waals surface area contributed by atoms with Gasteiger partial charge in [-0.2, -0.15) is 0 Å². The van der Waals surface area contributed by atoms with Crippen LogP contribution in [0.3, 0.4) is 0 Å². The molecule has 2 nitrogen and oxygen atoms in total. The Bertz CT molecular complexity index is 883. The van der Waals surface area contributed by atoms with Gasteiger partial charge in [-0.05, 0) is 54.4 Å². The first-order chi connectivity index (χ1) is 14.5. The summed E-state index contributed by atoms with van der Waals surface area (Å²) in [5, 5.41) is 0.260. The third-order valence-corrected chi connectivity index (χ3v) is 13.6. The Morgan fingerprint density at radius 2 is 1.74 bits per heavy atom. The Kier molecular flexibility index (Phi) is 5.92. The molecule has 0 bridgehead atoms. The predicted molar refractivity (Wildman–Crippen MR) is 135 cm³/mol. The fraction of sp³-hybridized carbons (Fsp3) is 0.679. The Balaban J connectivity index is 1.70. The molecular formula is C28H44NOSi+. The average Bonchev–Trinajstić information content (AvgIpc) is 2.96. The molecule has 3 aliphatic rings. The van der Waals surface area contributed by atoms with Gasteiger partial charge in [0.2, 0.25) is 0 Å². The summed E-state index contributed by atoms with van der Waals surface area (Å²) in [6, 6.07) is 9.27. The van der Waals surface area contributed by atoms with E-state index in [1.165, 1.54) is 37.7 Å². The number of rotatable bonds is 5. The van der Waals surface area contributed by atoms with E-state index >= 15 is 0 Å². The second kappa shape index (κ2) is 7.99. The van der Waals surface area contributed by atoms with Crippen LogP contribution in [0.5, 0.6) is 0 Å². The highest BCUT2D eigenvalue weighted by Gasteiger charge is 2.60. The fourth-order valence-corrected chi connectivity index (χ4v) is 7.18. The topological polar surface area (TPSA) is 12.2 Å².